The highest BCUT2D eigenvalue weighted by Crippen LogP contribution is 2.22. The molecule has 0 spiro atoms. The molecule has 5 atom stereocenters. The van der Waals surface area contributed by atoms with E-state index in [1.165, 1.54) is 6.92 Å². The van der Waals surface area contributed by atoms with Crippen LogP contribution in [-0.4, -0.2) is 90.0 Å². The van der Waals surface area contributed by atoms with Gasteiger partial charge in [0.2, 0.25) is 5.91 Å². The van der Waals surface area contributed by atoms with E-state index in [-0.39, 0.29) is 26.4 Å². The first-order valence-electron chi connectivity index (χ1n) is 6.71. The molecule has 1 rings (SSSR count). The molecule has 0 unspecified atom stereocenters. The summed E-state index contributed by atoms with van der Waals surface area (Å²) in [6.07, 6.45) is -4.70. The van der Waals surface area contributed by atoms with E-state index in [1.807, 2.05) is 0 Å². The molecule has 124 valence electrons. The third-order valence-corrected chi connectivity index (χ3v) is 3.00. The zero-order valence-corrected chi connectivity index (χ0v) is 11.8. The smallest absolute Gasteiger partial charge is 0.217 e. The Morgan fingerprint density at radius 1 is 1.19 bits per heavy atom. The standard InChI is InChI=1S/C12H23NO8/c1-7(16)13-9-11(18)10(17)8(6-15)21-12(9)20-5-4-19-3-2-14/h8-12,14-15,17-18H,2-6H2,1H3,(H,13,16)/t8-,9-,10+,11-,12-/m1/s1. The fraction of sp³-hybridized carbons (Fsp3) is 0.917. The number of nitrogens with one attached hydrogen (secondary N) is 1. The van der Waals surface area contributed by atoms with Gasteiger partial charge in [0.25, 0.3) is 0 Å². The fourth-order valence-electron chi connectivity index (χ4n) is 2.00. The Bertz CT molecular complexity index is 316. The highest BCUT2D eigenvalue weighted by atomic mass is 16.7. The first kappa shape index (κ1) is 18.2. The molecule has 1 aliphatic heterocycles. The van der Waals surface area contributed by atoms with E-state index in [9.17, 15) is 15.0 Å². The molecule has 1 fully saturated rings. The van der Waals surface area contributed by atoms with Crippen molar-refractivity contribution in [3.8, 4) is 0 Å². The van der Waals surface area contributed by atoms with Crippen LogP contribution in [0.2, 0.25) is 0 Å². The predicted molar refractivity (Wildman–Crippen MR) is 69.2 cm³/mol. The van der Waals surface area contributed by atoms with E-state index in [4.69, 9.17) is 24.4 Å². The number of hydrogen-bond acceptors (Lipinski definition) is 8. The van der Waals surface area contributed by atoms with Gasteiger partial charge in [0, 0.05) is 6.92 Å². The van der Waals surface area contributed by atoms with Gasteiger partial charge in [-0.1, -0.05) is 0 Å². The van der Waals surface area contributed by atoms with Crippen LogP contribution in [0.15, 0.2) is 0 Å². The van der Waals surface area contributed by atoms with Crippen LogP contribution in [0.25, 0.3) is 0 Å². The number of amides is 1. The average Bonchev–Trinajstić information content (AvgIpc) is 2.45. The van der Waals surface area contributed by atoms with Crippen LogP contribution in [0.1, 0.15) is 6.92 Å². The summed E-state index contributed by atoms with van der Waals surface area (Å²) in [6, 6.07) is -0.960. The van der Waals surface area contributed by atoms with E-state index in [1.54, 1.807) is 0 Å². The summed E-state index contributed by atoms with van der Waals surface area (Å²) in [7, 11) is 0. The van der Waals surface area contributed by atoms with Crippen LogP contribution in [-0.2, 0) is 19.0 Å². The van der Waals surface area contributed by atoms with Gasteiger partial charge in [-0.3, -0.25) is 4.79 Å². The normalized spacial score (nSPS) is 32.9. The summed E-state index contributed by atoms with van der Waals surface area (Å²) >= 11 is 0. The lowest BCUT2D eigenvalue weighted by atomic mass is 9.97. The van der Waals surface area contributed by atoms with Crippen LogP contribution in [0.5, 0.6) is 0 Å². The lowest BCUT2D eigenvalue weighted by Crippen LogP contribution is -2.64. The maximum atomic E-state index is 11.2. The van der Waals surface area contributed by atoms with Crippen molar-refractivity contribution in [3.63, 3.8) is 0 Å². The molecule has 9 heteroatoms. The Morgan fingerprint density at radius 2 is 1.90 bits per heavy atom. The highest BCUT2D eigenvalue weighted by molar-refractivity contribution is 5.73. The van der Waals surface area contributed by atoms with Gasteiger partial charge in [-0.15, -0.1) is 0 Å². The number of carbonyl (C=O) groups excluding carboxylic acids is 1. The zero-order chi connectivity index (χ0) is 15.8. The number of carbonyl (C=O) groups is 1. The second-order valence-electron chi connectivity index (χ2n) is 4.64. The van der Waals surface area contributed by atoms with Crippen molar-refractivity contribution >= 4 is 5.91 Å². The van der Waals surface area contributed by atoms with E-state index < -0.39 is 43.2 Å². The average molecular weight is 309 g/mol. The van der Waals surface area contributed by atoms with Gasteiger partial charge < -0.3 is 40.0 Å². The van der Waals surface area contributed by atoms with Crippen LogP contribution >= 0.6 is 0 Å². The van der Waals surface area contributed by atoms with E-state index in [2.05, 4.69) is 5.32 Å². The molecule has 1 heterocycles. The molecule has 0 bridgehead atoms. The van der Waals surface area contributed by atoms with Crippen LogP contribution in [0, 0.1) is 0 Å². The molecule has 9 nitrogen and oxygen atoms in total. The Labute approximate surface area is 122 Å². The largest absolute Gasteiger partial charge is 0.394 e. The molecule has 1 aliphatic rings. The maximum absolute atomic E-state index is 11.2. The molecular weight excluding hydrogens is 286 g/mol. The second kappa shape index (κ2) is 9.26. The predicted octanol–water partition coefficient (Wildman–Crippen LogP) is -3.04. The molecular formula is C12H23NO8. The minimum Gasteiger partial charge on any atom is -0.394 e. The molecule has 1 saturated heterocycles. The highest BCUT2D eigenvalue weighted by Gasteiger charge is 2.45. The molecule has 5 N–H and O–H groups in total. The number of ether oxygens (including phenoxy) is 3. The van der Waals surface area contributed by atoms with Gasteiger partial charge in [-0.2, -0.15) is 0 Å². The quantitative estimate of drug-likeness (QED) is 0.298. The maximum Gasteiger partial charge on any atom is 0.217 e. The minimum absolute atomic E-state index is 0.0989. The summed E-state index contributed by atoms with van der Waals surface area (Å²) < 4.78 is 15.7. The van der Waals surface area contributed by atoms with Crippen molar-refractivity contribution in [2.24, 2.45) is 0 Å². The molecule has 0 aromatic carbocycles. The van der Waals surface area contributed by atoms with Crippen LogP contribution in [0.4, 0.5) is 0 Å². The third kappa shape index (κ3) is 5.47. The van der Waals surface area contributed by atoms with E-state index >= 15 is 0 Å². The summed E-state index contributed by atoms with van der Waals surface area (Å²) in [5, 5.41) is 39.9. The third-order valence-electron chi connectivity index (χ3n) is 3.00. The summed E-state index contributed by atoms with van der Waals surface area (Å²) in [5.41, 5.74) is 0. The Hall–Kier alpha value is -0.810. The van der Waals surface area contributed by atoms with E-state index in [0.29, 0.717) is 0 Å². The first-order chi connectivity index (χ1) is 10.0. The molecule has 0 aromatic rings. The molecule has 21 heavy (non-hydrogen) atoms. The van der Waals surface area contributed by atoms with Crippen molar-refractivity contribution in [2.45, 2.75) is 37.6 Å². The number of rotatable bonds is 8. The molecule has 0 radical (unpaired) electrons. The molecule has 0 saturated carbocycles. The monoisotopic (exact) mass is 309 g/mol. The van der Waals surface area contributed by atoms with Gasteiger partial charge in [0.15, 0.2) is 6.29 Å². The molecule has 1 amide bonds. The van der Waals surface area contributed by atoms with Crippen molar-refractivity contribution in [1.82, 2.24) is 5.32 Å². The van der Waals surface area contributed by atoms with Gasteiger partial charge in [0.05, 0.1) is 33.0 Å². The van der Waals surface area contributed by atoms with Gasteiger partial charge in [0.1, 0.15) is 24.4 Å². The topological polar surface area (TPSA) is 138 Å². The minimum atomic E-state index is -1.34. The number of aliphatic hydroxyl groups excluding tert-OH is 4. The summed E-state index contributed by atoms with van der Waals surface area (Å²) in [6.45, 7) is 1.12. The van der Waals surface area contributed by atoms with Crippen LogP contribution < -0.4 is 5.32 Å². The van der Waals surface area contributed by atoms with Gasteiger partial charge in [-0.05, 0) is 0 Å². The van der Waals surface area contributed by atoms with Gasteiger partial charge >= 0.3 is 0 Å². The SMILES string of the molecule is CC(=O)N[C@H]1[C@H](OCCOCCO)O[C@H](CO)[C@H](O)[C@@H]1O. The Kier molecular flexibility index (Phi) is 8.04. The van der Waals surface area contributed by atoms with Crippen molar-refractivity contribution in [3.05, 3.63) is 0 Å². The van der Waals surface area contributed by atoms with Crippen molar-refractivity contribution in [2.75, 3.05) is 33.0 Å². The zero-order valence-electron chi connectivity index (χ0n) is 11.8. The van der Waals surface area contributed by atoms with Crippen molar-refractivity contribution in [1.29, 1.82) is 0 Å². The fourth-order valence-corrected chi connectivity index (χ4v) is 2.00. The molecule has 0 aliphatic carbocycles. The van der Waals surface area contributed by atoms with E-state index in [0.717, 1.165) is 0 Å². The first-order valence-corrected chi connectivity index (χ1v) is 6.71. The Morgan fingerprint density at radius 3 is 2.48 bits per heavy atom. The number of hydrogen-bond donors (Lipinski definition) is 5. The lowest BCUT2D eigenvalue weighted by molar-refractivity contribution is -0.272. The van der Waals surface area contributed by atoms with Crippen molar-refractivity contribution < 1.29 is 39.4 Å². The molecule has 0 aromatic heterocycles. The number of aliphatic hydroxyl groups is 4. The summed E-state index contributed by atoms with van der Waals surface area (Å²) in [5.74, 6) is -0.414. The Balaban J connectivity index is 2.58. The lowest BCUT2D eigenvalue weighted by Gasteiger charge is -2.42. The van der Waals surface area contributed by atoms with Gasteiger partial charge in [-0.25, -0.2) is 0 Å². The second-order valence-corrected chi connectivity index (χ2v) is 4.64. The summed E-state index contributed by atoms with van der Waals surface area (Å²) in [4.78, 5) is 11.2. The van der Waals surface area contributed by atoms with Crippen LogP contribution in [0.3, 0.4) is 0 Å².